The van der Waals surface area contributed by atoms with Gasteiger partial charge in [0.1, 0.15) is 0 Å². The number of aromatic nitrogens is 1. The van der Waals surface area contributed by atoms with Crippen LogP contribution in [0.4, 0.5) is 0 Å². The third-order valence-corrected chi connectivity index (χ3v) is 4.51. The lowest BCUT2D eigenvalue weighted by Crippen LogP contribution is -2.10. The first-order chi connectivity index (χ1) is 6.58. The van der Waals surface area contributed by atoms with Crippen molar-refractivity contribution in [2.24, 2.45) is 0 Å². The summed E-state index contributed by atoms with van der Waals surface area (Å²) in [4.78, 5) is 4.19. The lowest BCUT2D eigenvalue weighted by Gasteiger charge is -2.02. The van der Waals surface area contributed by atoms with Crippen molar-refractivity contribution in [2.75, 3.05) is 0 Å². The Balaban J connectivity index is 2.18. The first-order valence-electron chi connectivity index (χ1n) is 4.72. The topological polar surface area (TPSA) is 47.0 Å². The van der Waals surface area contributed by atoms with Gasteiger partial charge in [-0.15, -0.1) is 0 Å². The van der Waals surface area contributed by atoms with Crippen LogP contribution < -0.4 is 0 Å². The van der Waals surface area contributed by atoms with Gasteiger partial charge in [0.2, 0.25) is 0 Å². The number of rotatable bonds is 3. The number of hydrogen-bond donors (Lipinski definition) is 0. The lowest BCUT2D eigenvalue weighted by molar-refractivity contribution is 0.593. The minimum atomic E-state index is -2.92. The molecule has 3 nitrogen and oxygen atoms in total. The molecule has 2 rings (SSSR count). The molecule has 0 saturated heterocycles. The van der Waals surface area contributed by atoms with Crippen LogP contribution in [0.1, 0.15) is 24.2 Å². The van der Waals surface area contributed by atoms with Crippen molar-refractivity contribution in [3.63, 3.8) is 0 Å². The summed E-state index contributed by atoms with van der Waals surface area (Å²) in [5.74, 6) is 0.0966. The Labute approximate surface area is 84.1 Å². The molecule has 1 aliphatic rings. The average Bonchev–Trinajstić information content (AvgIpc) is 2.84. The lowest BCUT2D eigenvalue weighted by atomic mass is 10.3. The molecule has 4 heteroatoms. The van der Waals surface area contributed by atoms with Crippen molar-refractivity contribution in [2.45, 2.75) is 30.8 Å². The quantitative estimate of drug-likeness (QED) is 0.760. The fraction of sp³-hybridized carbons (Fsp3) is 0.500. The van der Waals surface area contributed by atoms with E-state index in [9.17, 15) is 8.42 Å². The fourth-order valence-electron chi connectivity index (χ4n) is 1.43. The van der Waals surface area contributed by atoms with E-state index in [1.54, 1.807) is 6.07 Å². The number of pyridine rings is 1. The van der Waals surface area contributed by atoms with Gasteiger partial charge in [0.15, 0.2) is 9.84 Å². The van der Waals surface area contributed by atoms with Crippen LogP contribution in [0.25, 0.3) is 0 Å². The Bertz CT molecular complexity index is 435. The highest BCUT2D eigenvalue weighted by molar-refractivity contribution is 7.91. The molecule has 1 heterocycles. The Morgan fingerprint density at radius 1 is 1.43 bits per heavy atom. The van der Waals surface area contributed by atoms with E-state index in [1.165, 1.54) is 0 Å². The van der Waals surface area contributed by atoms with Crippen LogP contribution in [0.3, 0.4) is 0 Å². The van der Waals surface area contributed by atoms with Crippen LogP contribution in [0.5, 0.6) is 0 Å². The third-order valence-electron chi connectivity index (χ3n) is 2.33. The van der Waals surface area contributed by atoms with Crippen molar-refractivity contribution in [1.29, 1.82) is 0 Å². The molecule has 1 aromatic heterocycles. The zero-order valence-corrected chi connectivity index (χ0v) is 8.92. The summed E-state index contributed by atoms with van der Waals surface area (Å²) >= 11 is 0. The Kier molecular flexibility index (Phi) is 2.31. The van der Waals surface area contributed by atoms with E-state index in [4.69, 9.17) is 0 Å². The molecule has 1 aromatic rings. The smallest absolute Gasteiger partial charge is 0.158 e. The highest BCUT2D eigenvalue weighted by Crippen LogP contribution is 2.30. The van der Waals surface area contributed by atoms with Crippen LogP contribution in [0.2, 0.25) is 0 Å². The van der Waals surface area contributed by atoms with Gasteiger partial charge in [-0.1, -0.05) is 6.07 Å². The van der Waals surface area contributed by atoms with Crippen molar-refractivity contribution in [3.05, 3.63) is 29.6 Å². The monoisotopic (exact) mass is 211 g/mol. The highest BCUT2D eigenvalue weighted by atomic mass is 32.2. The maximum atomic E-state index is 11.6. The van der Waals surface area contributed by atoms with Gasteiger partial charge in [0.25, 0.3) is 0 Å². The summed E-state index contributed by atoms with van der Waals surface area (Å²) in [5.41, 5.74) is 1.53. The second kappa shape index (κ2) is 3.35. The predicted octanol–water partition coefficient (Wildman–Crippen LogP) is 1.47. The molecule has 14 heavy (non-hydrogen) atoms. The second-order valence-electron chi connectivity index (χ2n) is 3.78. The summed E-state index contributed by atoms with van der Waals surface area (Å²) < 4.78 is 23.3. The maximum Gasteiger partial charge on any atom is 0.158 e. The molecule has 76 valence electrons. The van der Waals surface area contributed by atoms with Crippen molar-refractivity contribution in [3.8, 4) is 0 Å². The molecular formula is C10H13NO2S. The van der Waals surface area contributed by atoms with E-state index in [0.717, 1.165) is 18.5 Å². The van der Waals surface area contributed by atoms with Crippen LogP contribution in [0.15, 0.2) is 18.2 Å². The third kappa shape index (κ3) is 2.12. The predicted molar refractivity (Wildman–Crippen MR) is 54.6 cm³/mol. The van der Waals surface area contributed by atoms with E-state index < -0.39 is 9.84 Å². The molecule has 1 fully saturated rings. The van der Waals surface area contributed by atoms with Gasteiger partial charge >= 0.3 is 0 Å². The highest BCUT2D eigenvalue weighted by Gasteiger charge is 2.35. The molecule has 0 bridgehead atoms. The summed E-state index contributed by atoms with van der Waals surface area (Å²) in [6.45, 7) is 1.87. The van der Waals surface area contributed by atoms with Gasteiger partial charge < -0.3 is 0 Å². The summed E-state index contributed by atoms with van der Waals surface area (Å²) in [6.07, 6.45) is 1.66. The Hall–Kier alpha value is -0.900. The Morgan fingerprint density at radius 2 is 2.14 bits per heavy atom. The van der Waals surface area contributed by atoms with Crippen LogP contribution in [0, 0.1) is 6.92 Å². The molecule has 0 unspecified atom stereocenters. The second-order valence-corrected chi connectivity index (χ2v) is 6.06. The van der Waals surface area contributed by atoms with Gasteiger partial charge in [0, 0.05) is 5.69 Å². The molecule has 0 amide bonds. The van der Waals surface area contributed by atoms with Crippen molar-refractivity contribution >= 4 is 9.84 Å². The number of sulfone groups is 1. The Morgan fingerprint density at radius 3 is 2.71 bits per heavy atom. The first-order valence-corrected chi connectivity index (χ1v) is 6.43. The van der Waals surface area contributed by atoms with E-state index in [0.29, 0.717) is 5.69 Å². The van der Waals surface area contributed by atoms with Crippen molar-refractivity contribution in [1.82, 2.24) is 4.98 Å². The van der Waals surface area contributed by atoms with Crippen LogP contribution >= 0.6 is 0 Å². The molecular weight excluding hydrogens is 198 g/mol. The molecule has 0 radical (unpaired) electrons. The molecule has 0 aliphatic heterocycles. The van der Waals surface area contributed by atoms with Crippen molar-refractivity contribution < 1.29 is 8.42 Å². The SMILES string of the molecule is Cc1cccc(CS(=O)(=O)C2CC2)n1. The molecule has 0 spiro atoms. The molecule has 1 aliphatic carbocycles. The van der Waals surface area contributed by atoms with Gasteiger partial charge in [-0.25, -0.2) is 8.42 Å². The summed E-state index contributed by atoms with van der Waals surface area (Å²) in [7, 11) is -2.92. The number of nitrogens with zero attached hydrogens (tertiary/aromatic N) is 1. The van der Waals surface area contributed by atoms with Gasteiger partial charge in [-0.05, 0) is 31.9 Å². The first kappa shape index (κ1) is 9.65. The van der Waals surface area contributed by atoms with E-state index >= 15 is 0 Å². The van der Waals surface area contributed by atoms with Gasteiger partial charge in [0.05, 0.1) is 16.7 Å². The molecule has 0 N–H and O–H groups in total. The fourth-order valence-corrected chi connectivity index (χ4v) is 3.09. The van der Waals surface area contributed by atoms with Gasteiger partial charge in [-0.3, -0.25) is 4.98 Å². The van der Waals surface area contributed by atoms with E-state index in [2.05, 4.69) is 4.98 Å². The molecule has 1 saturated carbocycles. The largest absolute Gasteiger partial charge is 0.257 e. The molecule has 0 atom stereocenters. The average molecular weight is 211 g/mol. The normalized spacial score (nSPS) is 16.9. The van der Waals surface area contributed by atoms with Gasteiger partial charge in [-0.2, -0.15) is 0 Å². The minimum Gasteiger partial charge on any atom is -0.257 e. The zero-order chi connectivity index (χ0) is 10.2. The zero-order valence-electron chi connectivity index (χ0n) is 8.10. The van der Waals surface area contributed by atoms with Crippen LogP contribution in [-0.4, -0.2) is 18.7 Å². The number of aryl methyl sites for hydroxylation is 1. The minimum absolute atomic E-state index is 0.0928. The summed E-state index contributed by atoms with van der Waals surface area (Å²) in [6, 6.07) is 5.49. The number of hydrogen-bond acceptors (Lipinski definition) is 3. The van der Waals surface area contributed by atoms with E-state index in [1.807, 2.05) is 19.1 Å². The standard InChI is InChI=1S/C10H13NO2S/c1-8-3-2-4-9(11-8)7-14(12,13)10-5-6-10/h2-4,10H,5-7H2,1H3. The summed E-state index contributed by atoms with van der Waals surface area (Å²) in [5, 5.41) is -0.0928. The molecule has 0 aromatic carbocycles. The van der Waals surface area contributed by atoms with E-state index in [-0.39, 0.29) is 11.0 Å². The van der Waals surface area contributed by atoms with Crippen LogP contribution in [-0.2, 0) is 15.6 Å². The maximum absolute atomic E-state index is 11.6.